The first kappa shape index (κ1) is 18.4. The number of halogens is 1. The topological polar surface area (TPSA) is 90.0 Å². The van der Waals surface area contributed by atoms with Gasteiger partial charge in [-0.1, -0.05) is 17.7 Å². The molecule has 0 radical (unpaired) electrons. The van der Waals surface area contributed by atoms with Crippen molar-refractivity contribution < 1.29 is 14.3 Å². The number of aliphatic imine (C=N–C) groups is 1. The Bertz CT molecular complexity index is 1040. The maximum Gasteiger partial charge on any atom is 0.262 e. The molecule has 1 spiro atoms. The number of guanidine groups is 1. The van der Waals surface area contributed by atoms with Crippen molar-refractivity contribution in [2.45, 2.75) is 31.1 Å². The first-order valence-corrected chi connectivity index (χ1v) is 9.97. The van der Waals surface area contributed by atoms with E-state index in [2.05, 4.69) is 4.98 Å². The number of amides is 1. The van der Waals surface area contributed by atoms with Gasteiger partial charge >= 0.3 is 0 Å². The Hall–Kier alpha value is -2.64. The van der Waals surface area contributed by atoms with Crippen LogP contribution in [-0.2, 0) is 15.1 Å². The Morgan fingerprint density at radius 3 is 2.83 bits per heavy atom. The fourth-order valence-electron chi connectivity index (χ4n) is 4.77. The lowest BCUT2D eigenvalue weighted by Gasteiger charge is -2.48. The summed E-state index contributed by atoms with van der Waals surface area (Å²) in [6, 6.07) is 7.61. The summed E-state index contributed by atoms with van der Waals surface area (Å²) in [7, 11) is 1.65. The van der Waals surface area contributed by atoms with Gasteiger partial charge in [0.25, 0.3) is 5.91 Å². The number of fused-ring (bicyclic) bond motifs is 4. The van der Waals surface area contributed by atoms with E-state index in [1.165, 1.54) is 4.90 Å². The van der Waals surface area contributed by atoms with Crippen LogP contribution in [0, 0.1) is 5.92 Å². The van der Waals surface area contributed by atoms with E-state index in [0.717, 1.165) is 11.1 Å². The van der Waals surface area contributed by atoms with Crippen LogP contribution in [0.3, 0.4) is 0 Å². The Morgan fingerprint density at radius 1 is 1.28 bits per heavy atom. The molecule has 0 unspecified atom stereocenters. The summed E-state index contributed by atoms with van der Waals surface area (Å²) in [5, 5.41) is 0.541. The Balaban J connectivity index is 1.74. The third-order valence-electron chi connectivity index (χ3n) is 6.14. The number of pyridine rings is 1. The smallest absolute Gasteiger partial charge is 0.262 e. The van der Waals surface area contributed by atoms with Crippen LogP contribution in [-0.4, -0.2) is 47.6 Å². The predicted octanol–water partition coefficient (Wildman–Crippen LogP) is 2.57. The van der Waals surface area contributed by atoms with Gasteiger partial charge in [-0.05, 0) is 30.7 Å². The van der Waals surface area contributed by atoms with Crippen LogP contribution in [0.15, 0.2) is 41.7 Å². The number of nitrogens with two attached hydrogens (primary N) is 1. The number of hydrogen-bond acceptors (Lipinski definition) is 6. The van der Waals surface area contributed by atoms with Gasteiger partial charge in [0.15, 0.2) is 11.5 Å². The highest BCUT2D eigenvalue weighted by Crippen LogP contribution is 2.53. The standard InChI is InChI=1S/C21H21ClN4O3/c1-11-18-17(5-6-28-11)29-16-4-3-12(13-7-14(22)10-24-9-13)8-15(16)21(18)19(27)26(2)20(23)25-21/h3-4,7-11,17-18H,5-6H2,1-2H3,(H2,23,25)/t11-,17+,18+,21+/m1/s1. The van der Waals surface area contributed by atoms with E-state index in [0.29, 0.717) is 29.4 Å². The Morgan fingerprint density at radius 2 is 2.10 bits per heavy atom. The number of rotatable bonds is 1. The lowest BCUT2D eigenvalue weighted by molar-refractivity contribution is -0.149. The molecule has 3 aliphatic heterocycles. The van der Waals surface area contributed by atoms with Gasteiger partial charge in [0.2, 0.25) is 0 Å². The molecule has 29 heavy (non-hydrogen) atoms. The first-order chi connectivity index (χ1) is 13.9. The highest BCUT2D eigenvalue weighted by Gasteiger charge is 2.62. The molecule has 0 aliphatic carbocycles. The minimum Gasteiger partial charge on any atom is -0.489 e. The summed E-state index contributed by atoms with van der Waals surface area (Å²) in [5.41, 5.74) is 7.37. The third kappa shape index (κ3) is 2.57. The molecule has 4 heterocycles. The molecule has 2 N–H and O–H groups in total. The van der Waals surface area contributed by atoms with Crippen molar-refractivity contribution in [2.24, 2.45) is 16.6 Å². The van der Waals surface area contributed by atoms with Crippen molar-refractivity contribution in [1.82, 2.24) is 9.88 Å². The maximum absolute atomic E-state index is 13.5. The second-order valence-corrected chi connectivity index (χ2v) is 8.19. The summed E-state index contributed by atoms with van der Waals surface area (Å²) in [6.45, 7) is 2.55. The normalized spacial score (nSPS) is 30.6. The van der Waals surface area contributed by atoms with Crippen LogP contribution in [0.25, 0.3) is 11.1 Å². The molecule has 1 saturated heterocycles. The van der Waals surface area contributed by atoms with E-state index >= 15 is 0 Å². The number of benzene rings is 1. The second kappa shape index (κ2) is 6.43. The SMILES string of the molecule is C[C@H]1OCC[C@@H]2Oc3ccc(-c4cncc(Cl)c4)cc3[C@]3(N=C(N)N(C)C3=O)[C@H]21. The van der Waals surface area contributed by atoms with Gasteiger partial charge in [0.05, 0.1) is 23.7 Å². The van der Waals surface area contributed by atoms with E-state index in [1.54, 1.807) is 19.4 Å². The maximum atomic E-state index is 13.5. The van der Waals surface area contributed by atoms with E-state index in [4.69, 9.17) is 31.8 Å². The average Bonchev–Trinajstić information content (AvgIpc) is 2.92. The highest BCUT2D eigenvalue weighted by molar-refractivity contribution is 6.30. The lowest BCUT2D eigenvalue weighted by Crippen LogP contribution is -2.58. The summed E-state index contributed by atoms with van der Waals surface area (Å²) in [6.07, 6.45) is 3.64. The summed E-state index contributed by atoms with van der Waals surface area (Å²) in [5.74, 6) is 0.425. The molecular formula is C21H21ClN4O3. The van der Waals surface area contributed by atoms with E-state index < -0.39 is 5.54 Å². The summed E-state index contributed by atoms with van der Waals surface area (Å²) < 4.78 is 12.2. The zero-order chi connectivity index (χ0) is 20.3. The fraction of sp³-hybridized carbons (Fsp3) is 0.381. The molecule has 7 nitrogen and oxygen atoms in total. The molecule has 5 rings (SSSR count). The molecule has 1 aromatic heterocycles. The van der Waals surface area contributed by atoms with Crippen LogP contribution in [0.1, 0.15) is 18.9 Å². The monoisotopic (exact) mass is 412 g/mol. The van der Waals surface area contributed by atoms with Gasteiger partial charge in [-0.2, -0.15) is 0 Å². The molecule has 1 fully saturated rings. The average molecular weight is 413 g/mol. The molecule has 1 amide bonds. The number of carbonyl (C=O) groups is 1. The number of likely N-dealkylation sites (N-methyl/N-ethyl adjacent to an activating group) is 1. The highest BCUT2D eigenvalue weighted by atomic mass is 35.5. The summed E-state index contributed by atoms with van der Waals surface area (Å²) in [4.78, 5) is 23.9. The largest absolute Gasteiger partial charge is 0.489 e. The van der Waals surface area contributed by atoms with Gasteiger partial charge in [-0.15, -0.1) is 0 Å². The van der Waals surface area contributed by atoms with Crippen molar-refractivity contribution in [3.8, 4) is 16.9 Å². The Kier molecular flexibility index (Phi) is 4.08. The number of ether oxygens (including phenoxy) is 2. The van der Waals surface area contributed by atoms with Gasteiger partial charge in [-0.25, -0.2) is 4.99 Å². The quantitative estimate of drug-likeness (QED) is 0.777. The van der Waals surface area contributed by atoms with Gasteiger partial charge in [-0.3, -0.25) is 14.7 Å². The van der Waals surface area contributed by atoms with Crippen LogP contribution in [0.5, 0.6) is 5.75 Å². The van der Waals surface area contributed by atoms with E-state index in [-0.39, 0.29) is 30.0 Å². The predicted molar refractivity (Wildman–Crippen MR) is 109 cm³/mol. The van der Waals surface area contributed by atoms with Crippen molar-refractivity contribution in [1.29, 1.82) is 0 Å². The number of nitrogens with zero attached hydrogens (tertiary/aromatic N) is 3. The molecule has 0 saturated carbocycles. The minimum atomic E-state index is -1.17. The fourth-order valence-corrected chi connectivity index (χ4v) is 4.95. The lowest BCUT2D eigenvalue weighted by atomic mass is 9.68. The molecular weight excluding hydrogens is 392 g/mol. The number of hydrogen-bond donors (Lipinski definition) is 1. The van der Waals surface area contributed by atoms with Crippen molar-refractivity contribution >= 4 is 23.5 Å². The molecule has 150 valence electrons. The molecule has 2 aromatic rings. The van der Waals surface area contributed by atoms with Crippen LogP contribution in [0.4, 0.5) is 0 Å². The van der Waals surface area contributed by atoms with Crippen LogP contribution in [0.2, 0.25) is 5.02 Å². The minimum absolute atomic E-state index is 0.159. The zero-order valence-electron chi connectivity index (χ0n) is 16.1. The van der Waals surface area contributed by atoms with Crippen LogP contribution >= 0.6 is 11.6 Å². The molecule has 8 heteroatoms. The third-order valence-corrected chi connectivity index (χ3v) is 6.35. The molecule has 4 atom stereocenters. The first-order valence-electron chi connectivity index (χ1n) is 9.59. The number of carbonyl (C=O) groups excluding carboxylic acids is 1. The van der Waals surface area contributed by atoms with Crippen LogP contribution < -0.4 is 10.5 Å². The van der Waals surface area contributed by atoms with Gasteiger partial charge in [0, 0.05) is 37.0 Å². The molecule has 3 aliphatic rings. The van der Waals surface area contributed by atoms with E-state index in [9.17, 15) is 4.79 Å². The van der Waals surface area contributed by atoms with Gasteiger partial charge in [0.1, 0.15) is 11.9 Å². The van der Waals surface area contributed by atoms with Crippen molar-refractivity contribution in [3.63, 3.8) is 0 Å². The van der Waals surface area contributed by atoms with E-state index in [1.807, 2.05) is 31.2 Å². The van der Waals surface area contributed by atoms with Gasteiger partial charge < -0.3 is 15.2 Å². The number of aromatic nitrogens is 1. The van der Waals surface area contributed by atoms with Crippen molar-refractivity contribution in [2.75, 3.05) is 13.7 Å². The zero-order valence-corrected chi connectivity index (χ0v) is 16.9. The Labute approximate surface area is 173 Å². The summed E-state index contributed by atoms with van der Waals surface area (Å²) >= 11 is 6.13. The molecule has 1 aromatic carbocycles. The molecule has 0 bridgehead atoms. The van der Waals surface area contributed by atoms with Crippen molar-refractivity contribution in [3.05, 3.63) is 47.2 Å². The second-order valence-electron chi connectivity index (χ2n) is 7.75.